The molecule has 472 valence electrons. The molecule has 0 aromatic heterocycles. The molecule has 5 rings (SSSR count). The van der Waals surface area contributed by atoms with Gasteiger partial charge < -0.3 is 71.4 Å². The molecule has 85 heavy (non-hydrogen) atoms. The standard InChI is InChI=1S/C70H102O15/c1-9-72-36-54(37-73-10-2)44-80-48-58(49-81-45-55(38-74-11-3)39-75-12-4)52-84-69-29-23-63(24-30-69)66-33-65(62-19-17-60(18-20-62)61-21-27-68(71)28-22-61)34-67(35-66)64-25-31-70(32-26-64)85-53-59(50-82-46-56(40-76-13-5)41-77-14-6)51-83-47-57(42-78-15-7)43-79-16-8/h17-35,54-59,71H,9-16,36-53H2,1-8H3. The lowest BCUT2D eigenvalue weighted by Crippen LogP contribution is -2.29. The van der Waals surface area contributed by atoms with Crippen LogP contribution in [0.15, 0.2) is 115 Å². The highest BCUT2D eigenvalue weighted by Crippen LogP contribution is 2.35. The van der Waals surface area contributed by atoms with E-state index in [0.29, 0.717) is 172 Å². The van der Waals surface area contributed by atoms with Crippen LogP contribution in [0.3, 0.4) is 0 Å². The summed E-state index contributed by atoms with van der Waals surface area (Å²) in [5.41, 5.74) is 8.44. The van der Waals surface area contributed by atoms with Gasteiger partial charge in [0.25, 0.3) is 0 Å². The van der Waals surface area contributed by atoms with Gasteiger partial charge in [-0.25, -0.2) is 0 Å². The first-order valence-electron chi connectivity index (χ1n) is 31.2. The molecular formula is C70H102O15. The van der Waals surface area contributed by atoms with Crippen LogP contribution in [0, 0.1) is 35.5 Å². The topological polar surface area (TPSA) is 149 Å². The molecule has 1 N–H and O–H groups in total. The van der Waals surface area contributed by atoms with E-state index in [0.717, 1.165) is 56.0 Å². The number of aromatic hydroxyl groups is 1. The molecule has 0 fully saturated rings. The average Bonchev–Trinajstić information content (AvgIpc) is 3.71. The third kappa shape index (κ3) is 28.2. The van der Waals surface area contributed by atoms with Crippen LogP contribution in [0.1, 0.15) is 55.4 Å². The SMILES string of the molecule is CCOCC(COCC)COCC(COCC(COCC)COCC)COc1ccc(-c2cc(-c3ccc(OCC(COCC(COCC)COCC)COCC(COCC)COCC)cc3)cc(-c3ccc(-c4ccc(O)cc4)cc3)c2)cc1. The Morgan fingerprint density at radius 1 is 0.224 bits per heavy atom. The third-order valence-corrected chi connectivity index (χ3v) is 14.0. The highest BCUT2D eigenvalue weighted by Gasteiger charge is 2.20. The van der Waals surface area contributed by atoms with Crippen LogP contribution < -0.4 is 9.47 Å². The maximum atomic E-state index is 9.94. The fraction of sp³-hybridized carbons (Fsp3) is 0.571. The lowest BCUT2D eigenvalue weighted by molar-refractivity contribution is -0.0395. The van der Waals surface area contributed by atoms with Crippen molar-refractivity contribution in [3.8, 4) is 61.8 Å². The predicted octanol–water partition coefficient (Wildman–Crippen LogP) is 12.9. The summed E-state index contributed by atoms with van der Waals surface area (Å²) in [7, 11) is 0. The molecule has 0 unspecified atom stereocenters. The second-order valence-electron chi connectivity index (χ2n) is 21.2. The Bertz CT molecular complexity index is 2210. The molecule has 0 atom stereocenters. The minimum absolute atomic E-state index is 0.0411. The van der Waals surface area contributed by atoms with Gasteiger partial charge in [0, 0.05) is 88.4 Å². The van der Waals surface area contributed by atoms with Crippen molar-refractivity contribution in [2.75, 3.05) is 172 Å². The van der Waals surface area contributed by atoms with Gasteiger partial charge in [-0.1, -0.05) is 60.7 Å². The number of ether oxygens (including phenoxy) is 14. The van der Waals surface area contributed by atoms with Crippen molar-refractivity contribution in [1.29, 1.82) is 0 Å². The van der Waals surface area contributed by atoms with Crippen molar-refractivity contribution in [2.24, 2.45) is 35.5 Å². The molecule has 0 heterocycles. The summed E-state index contributed by atoms with van der Waals surface area (Å²) in [5, 5.41) is 9.94. The molecule has 0 saturated carbocycles. The summed E-state index contributed by atoms with van der Waals surface area (Å²) in [5.74, 6) is 2.15. The van der Waals surface area contributed by atoms with Gasteiger partial charge >= 0.3 is 0 Å². The molecule has 0 aliphatic heterocycles. The largest absolute Gasteiger partial charge is 0.508 e. The average molecular weight is 1180 g/mol. The fourth-order valence-electron chi connectivity index (χ4n) is 9.30. The van der Waals surface area contributed by atoms with Crippen molar-refractivity contribution in [1.82, 2.24) is 0 Å². The smallest absolute Gasteiger partial charge is 0.119 e. The molecule has 5 aromatic rings. The summed E-state index contributed by atoms with van der Waals surface area (Å²) in [6.45, 7) is 30.4. The van der Waals surface area contributed by atoms with Crippen molar-refractivity contribution >= 4 is 0 Å². The second-order valence-corrected chi connectivity index (χ2v) is 21.2. The van der Waals surface area contributed by atoms with E-state index in [2.05, 4.69) is 66.7 Å². The Morgan fingerprint density at radius 3 is 0.624 bits per heavy atom. The zero-order valence-corrected chi connectivity index (χ0v) is 52.5. The normalized spacial score (nSPS) is 11.9. The first-order chi connectivity index (χ1) is 41.7. The molecule has 0 bridgehead atoms. The van der Waals surface area contributed by atoms with Gasteiger partial charge in [0.1, 0.15) is 17.2 Å². The van der Waals surface area contributed by atoms with Crippen LogP contribution in [0.4, 0.5) is 0 Å². The van der Waals surface area contributed by atoms with Gasteiger partial charge in [-0.2, -0.15) is 0 Å². The van der Waals surface area contributed by atoms with Crippen LogP contribution in [0.25, 0.3) is 44.5 Å². The van der Waals surface area contributed by atoms with E-state index >= 15 is 0 Å². The number of phenolic OH excluding ortho intramolecular Hbond substituents is 1. The maximum Gasteiger partial charge on any atom is 0.119 e. The monoisotopic (exact) mass is 1180 g/mol. The Hall–Kier alpha value is -4.98. The summed E-state index contributed by atoms with van der Waals surface area (Å²) in [6, 6.07) is 39.1. The van der Waals surface area contributed by atoms with Gasteiger partial charge in [0.15, 0.2) is 0 Å². The van der Waals surface area contributed by atoms with Crippen LogP contribution in [-0.2, 0) is 56.8 Å². The van der Waals surface area contributed by atoms with E-state index in [4.69, 9.17) is 66.3 Å². The van der Waals surface area contributed by atoms with E-state index in [1.54, 1.807) is 12.1 Å². The molecular weight excluding hydrogens is 1080 g/mol. The van der Waals surface area contributed by atoms with Crippen LogP contribution in [0.5, 0.6) is 17.2 Å². The van der Waals surface area contributed by atoms with Crippen molar-refractivity contribution in [2.45, 2.75) is 55.4 Å². The number of rotatable bonds is 50. The molecule has 15 nitrogen and oxygen atoms in total. The van der Waals surface area contributed by atoms with E-state index < -0.39 is 0 Å². The maximum absolute atomic E-state index is 9.94. The molecule has 0 aliphatic rings. The van der Waals surface area contributed by atoms with Gasteiger partial charge in [-0.3, -0.25) is 0 Å². The Kier molecular flexibility index (Phi) is 36.3. The van der Waals surface area contributed by atoms with E-state index in [1.165, 1.54) is 0 Å². The number of hydrogen-bond acceptors (Lipinski definition) is 15. The molecule has 15 heteroatoms. The molecule has 0 aliphatic carbocycles. The highest BCUT2D eigenvalue weighted by molar-refractivity contribution is 5.82. The van der Waals surface area contributed by atoms with Crippen LogP contribution in [-0.4, -0.2) is 177 Å². The first-order valence-corrected chi connectivity index (χ1v) is 31.2. The lowest BCUT2D eigenvalue weighted by Gasteiger charge is -2.22. The second kappa shape index (κ2) is 43.6. The fourth-order valence-corrected chi connectivity index (χ4v) is 9.30. The highest BCUT2D eigenvalue weighted by atomic mass is 16.5. The van der Waals surface area contributed by atoms with Crippen LogP contribution >= 0.6 is 0 Å². The molecule has 0 saturated heterocycles. The van der Waals surface area contributed by atoms with Crippen molar-refractivity contribution in [3.05, 3.63) is 115 Å². The van der Waals surface area contributed by atoms with E-state index in [9.17, 15) is 5.11 Å². The number of benzene rings is 5. The summed E-state index contributed by atoms with van der Waals surface area (Å²) < 4.78 is 84.3. The van der Waals surface area contributed by atoms with Gasteiger partial charge in [-0.15, -0.1) is 0 Å². The Morgan fingerprint density at radius 2 is 0.400 bits per heavy atom. The molecule has 5 aromatic carbocycles. The minimum Gasteiger partial charge on any atom is -0.508 e. The first kappa shape index (κ1) is 70.8. The quantitative estimate of drug-likeness (QED) is 0.0393. The molecule has 0 radical (unpaired) electrons. The summed E-state index contributed by atoms with van der Waals surface area (Å²) in [4.78, 5) is 0. The molecule has 0 amide bonds. The lowest BCUT2D eigenvalue weighted by atomic mass is 9.92. The van der Waals surface area contributed by atoms with Crippen LogP contribution in [0.2, 0.25) is 0 Å². The zero-order valence-electron chi connectivity index (χ0n) is 52.5. The number of phenols is 1. The predicted molar refractivity (Wildman–Crippen MR) is 337 cm³/mol. The Labute approximate surface area is 509 Å². The van der Waals surface area contributed by atoms with E-state index in [1.807, 2.05) is 91.8 Å². The summed E-state index contributed by atoms with van der Waals surface area (Å²) >= 11 is 0. The van der Waals surface area contributed by atoms with Gasteiger partial charge in [0.05, 0.1) is 119 Å². The third-order valence-electron chi connectivity index (χ3n) is 14.0. The van der Waals surface area contributed by atoms with Crippen molar-refractivity contribution < 1.29 is 71.4 Å². The summed E-state index contributed by atoms with van der Waals surface area (Å²) in [6.07, 6.45) is 0. The van der Waals surface area contributed by atoms with Gasteiger partial charge in [-0.05, 0) is 154 Å². The number of hydrogen-bond donors (Lipinski definition) is 1. The van der Waals surface area contributed by atoms with Gasteiger partial charge in [0.2, 0.25) is 0 Å². The van der Waals surface area contributed by atoms with Crippen molar-refractivity contribution in [3.63, 3.8) is 0 Å². The minimum atomic E-state index is -0.0411. The van der Waals surface area contributed by atoms with E-state index in [-0.39, 0.29) is 41.3 Å². The zero-order chi connectivity index (χ0) is 60.5. The molecule has 0 spiro atoms. The Balaban J connectivity index is 1.35.